The monoisotopic (exact) mass is 229 g/mol. The van der Waals surface area contributed by atoms with Gasteiger partial charge >= 0.3 is 0 Å². The average molecular weight is 230 g/mol. The molecule has 64 valence electrons. The summed E-state index contributed by atoms with van der Waals surface area (Å²) in [6.45, 7) is 4.09. The van der Waals surface area contributed by atoms with Crippen LogP contribution >= 0.6 is 15.9 Å². The Balaban J connectivity index is 2.88. The minimum Gasteiger partial charge on any atom is -0.378 e. The summed E-state index contributed by atoms with van der Waals surface area (Å²) in [6.07, 6.45) is 1.68. The topological polar surface area (TPSA) is 12.0 Å². The van der Waals surface area contributed by atoms with E-state index in [0.717, 1.165) is 4.47 Å². The quantitative estimate of drug-likeness (QED) is 0.786. The van der Waals surface area contributed by atoms with E-state index in [9.17, 15) is 4.39 Å². The summed E-state index contributed by atoms with van der Waals surface area (Å²) in [5.41, 5.74) is 0.484. The van der Waals surface area contributed by atoms with Gasteiger partial charge in [-0.2, -0.15) is 0 Å². The van der Waals surface area contributed by atoms with E-state index in [4.69, 9.17) is 0 Å². The highest BCUT2D eigenvalue weighted by molar-refractivity contribution is 9.10. The summed E-state index contributed by atoms with van der Waals surface area (Å²) in [7, 11) is 0. The predicted molar refractivity (Wildman–Crippen MR) is 52.8 cm³/mol. The SMILES string of the molecule is C=CCNc1c(F)cccc1Br. The molecule has 0 bridgehead atoms. The van der Waals surface area contributed by atoms with E-state index in [-0.39, 0.29) is 5.82 Å². The number of hydrogen-bond donors (Lipinski definition) is 1. The molecule has 0 aliphatic heterocycles. The molecular formula is C9H9BrFN. The molecule has 0 unspecified atom stereocenters. The summed E-state index contributed by atoms with van der Waals surface area (Å²) in [5, 5.41) is 2.89. The molecule has 0 heterocycles. The van der Waals surface area contributed by atoms with E-state index in [0.29, 0.717) is 12.2 Å². The summed E-state index contributed by atoms with van der Waals surface area (Å²) in [6, 6.07) is 4.85. The molecule has 0 spiro atoms. The van der Waals surface area contributed by atoms with E-state index in [1.165, 1.54) is 6.07 Å². The smallest absolute Gasteiger partial charge is 0.147 e. The molecule has 12 heavy (non-hydrogen) atoms. The second-order valence-electron chi connectivity index (χ2n) is 2.27. The second-order valence-corrected chi connectivity index (χ2v) is 3.12. The van der Waals surface area contributed by atoms with Gasteiger partial charge < -0.3 is 5.32 Å². The molecule has 0 amide bonds. The highest BCUT2D eigenvalue weighted by Crippen LogP contribution is 2.24. The minimum absolute atomic E-state index is 0.258. The Bertz CT molecular complexity index is 266. The molecule has 0 radical (unpaired) electrons. The highest BCUT2D eigenvalue weighted by atomic mass is 79.9. The Morgan fingerprint density at radius 1 is 1.58 bits per heavy atom. The Labute approximate surface area is 79.4 Å². The molecule has 1 aromatic carbocycles. The maximum atomic E-state index is 13.0. The van der Waals surface area contributed by atoms with Crippen LogP contribution in [0.5, 0.6) is 0 Å². The lowest BCUT2D eigenvalue weighted by Gasteiger charge is -2.06. The molecule has 0 fully saturated rings. The zero-order chi connectivity index (χ0) is 8.97. The molecule has 1 nitrogen and oxygen atoms in total. The Kier molecular flexibility index (Phi) is 3.29. The third-order valence-electron chi connectivity index (χ3n) is 1.39. The van der Waals surface area contributed by atoms with Crippen molar-refractivity contribution in [3.8, 4) is 0 Å². The van der Waals surface area contributed by atoms with Crippen molar-refractivity contribution in [1.29, 1.82) is 0 Å². The van der Waals surface area contributed by atoms with E-state index in [2.05, 4.69) is 27.8 Å². The third kappa shape index (κ3) is 2.08. The van der Waals surface area contributed by atoms with Gasteiger partial charge in [0.25, 0.3) is 0 Å². The fraction of sp³-hybridized carbons (Fsp3) is 0.111. The van der Waals surface area contributed by atoms with Crippen LogP contribution in [0, 0.1) is 5.82 Å². The van der Waals surface area contributed by atoms with E-state index in [1.54, 1.807) is 18.2 Å². The molecule has 0 aliphatic carbocycles. The molecule has 1 N–H and O–H groups in total. The molecule has 1 aromatic rings. The van der Waals surface area contributed by atoms with Gasteiger partial charge in [-0.05, 0) is 28.1 Å². The molecule has 0 atom stereocenters. The first kappa shape index (κ1) is 9.26. The lowest BCUT2D eigenvalue weighted by atomic mass is 10.3. The van der Waals surface area contributed by atoms with Gasteiger partial charge in [-0.15, -0.1) is 6.58 Å². The number of rotatable bonds is 3. The van der Waals surface area contributed by atoms with Crippen molar-refractivity contribution in [2.75, 3.05) is 11.9 Å². The number of anilines is 1. The number of benzene rings is 1. The van der Waals surface area contributed by atoms with Crippen LogP contribution in [0.15, 0.2) is 35.3 Å². The third-order valence-corrected chi connectivity index (χ3v) is 2.05. The Hall–Kier alpha value is -0.830. The maximum Gasteiger partial charge on any atom is 0.147 e. The normalized spacial score (nSPS) is 9.50. The van der Waals surface area contributed by atoms with Crippen LogP contribution in [-0.4, -0.2) is 6.54 Å². The van der Waals surface area contributed by atoms with Crippen LogP contribution in [0.1, 0.15) is 0 Å². The fourth-order valence-electron chi connectivity index (χ4n) is 0.841. The largest absolute Gasteiger partial charge is 0.378 e. The summed E-state index contributed by atoms with van der Waals surface area (Å²) < 4.78 is 13.8. The first-order chi connectivity index (χ1) is 5.75. The second kappa shape index (κ2) is 4.26. The standard InChI is InChI=1S/C9H9BrFN/c1-2-6-12-9-7(10)4-3-5-8(9)11/h2-5,12H,1,6H2. The lowest BCUT2D eigenvalue weighted by Crippen LogP contribution is -2.00. The molecule has 0 aromatic heterocycles. The van der Waals surface area contributed by atoms with Gasteiger partial charge in [0.1, 0.15) is 5.82 Å². The summed E-state index contributed by atoms with van der Waals surface area (Å²) in [4.78, 5) is 0. The van der Waals surface area contributed by atoms with Crippen molar-refractivity contribution in [2.24, 2.45) is 0 Å². The summed E-state index contributed by atoms with van der Waals surface area (Å²) >= 11 is 3.24. The maximum absolute atomic E-state index is 13.0. The Morgan fingerprint density at radius 3 is 2.92 bits per heavy atom. The molecule has 0 aliphatic rings. The first-order valence-electron chi connectivity index (χ1n) is 3.54. The van der Waals surface area contributed by atoms with Crippen molar-refractivity contribution < 1.29 is 4.39 Å². The van der Waals surface area contributed by atoms with Crippen LogP contribution in [0.2, 0.25) is 0 Å². The van der Waals surface area contributed by atoms with E-state index < -0.39 is 0 Å². The number of halogens is 2. The molecular weight excluding hydrogens is 221 g/mol. The molecule has 3 heteroatoms. The van der Waals surface area contributed by atoms with Crippen LogP contribution < -0.4 is 5.32 Å². The highest BCUT2D eigenvalue weighted by Gasteiger charge is 2.03. The number of nitrogens with one attached hydrogen (secondary N) is 1. The lowest BCUT2D eigenvalue weighted by molar-refractivity contribution is 0.630. The van der Waals surface area contributed by atoms with Crippen LogP contribution in [0.3, 0.4) is 0 Å². The zero-order valence-electron chi connectivity index (χ0n) is 6.48. The van der Waals surface area contributed by atoms with E-state index >= 15 is 0 Å². The van der Waals surface area contributed by atoms with Gasteiger partial charge in [0.05, 0.1) is 5.69 Å². The first-order valence-corrected chi connectivity index (χ1v) is 4.34. The number of hydrogen-bond acceptors (Lipinski definition) is 1. The van der Waals surface area contributed by atoms with Gasteiger partial charge in [-0.3, -0.25) is 0 Å². The summed E-state index contributed by atoms with van der Waals surface area (Å²) in [5.74, 6) is -0.258. The molecule has 0 saturated carbocycles. The van der Waals surface area contributed by atoms with Crippen molar-refractivity contribution in [3.63, 3.8) is 0 Å². The van der Waals surface area contributed by atoms with Crippen molar-refractivity contribution in [1.82, 2.24) is 0 Å². The minimum atomic E-state index is -0.258. The van der Waals surface area contributed by atoms with Crippen LogP contribution in [0.4, 0.5) is 10.1 Å². The fourth-order valence-corrected chi connectivity index (χ4v) is 1.32. The molecule has 0 saturated heterocycles. The van der Waals surface area contributed by atoms with Gasteiger partial charge in [0.15, 0.2) is 0 Å². The van der Waals surface area contributed by atoms with Crippen molar-refractivity contribution in [3.05, 3.63) is 41.1 Å². The molecule has 1 rings (SSSR count). The Morgan fingerprint density at radius 2 is 2.33 bits per heavy atom. The van der Waals surface area contributed by atoms with E-state index in [1.807, 2.05) is 0 Å². The van der Waals surface area contributed by atoms with Crippen molar-refractivity contribution >= 4 is 21.6 Å². The van der Waals surface area contributed by atoms with Gasteiger partial charge in [-0.1, -0.05) is 12.1 Å². The van der Waals surface area contributed by atoms with Crippen LogP contribution in [-0.2, 0) is 0 Å². The number of para-hydroxylation sites is 1. The zero-order valence-corrected chi connectivity index (χ0v) is 8.07. The average Bonchev–Trinajstić information content (AvgIpc) is 2.04. The van der Waals surface area contributed by atoms with Crippen molar-refractivity contribution in [2.45, 2.75) is 0 Å². The van der Waals surface area contributed by atoms with Crippen LogP contribution in [0.25, 0.3) is 0 Å². The van der Waals surface area contributed by atoms with Gasteiger partial charge in [0, 0.05) is 11.0 Å². The van der Waals surface area contributed by atoms with Gasteiger partial charge in [0.2, 0.25) is 0 Å². The van der Waals surface area contributed by atoms with Gasteiger partial charge in [-0.25, -0.2) is 4.39 Å². The predicted octanol–water partition coefficient (Wildman–Crippen LogP) is 3.19.